The van der Waals surface area contributed by atoms with Gasteiger partial charge in [-0.25, -0.2) is 13.2 Å². The summed E-state index contributed by atoms with van der Waals surface area (Å²) < 4.78 is 39.5. The van der Waals surface area contributed by atoms with E-state index in [0.29, 0.717) is 22.5 Å². The molecule has 3 N–H and O–H groups in total. The second kappa shape index (κ2) is 9.94. The molecule has 1 heterocycles. The largest absolute Gasteiger partial charge is 0.493 e. The Bertz CT molecular complexity index is 1530. The summed E-state index contributed by atoms with van der Waals surface area (Å²) in [5.74, 6) is 0.769. The van der Waals surface area contributed by atoms with E-state index < -0.39 is 15.7 Å². The van der Waals surface area contributed by atoms with Gasteiger partial charge in [-0.05, 0) is 42.5 Å². The number of para-hydroxylation sites is 3. The Morgan fingerprint density at radius 2 is 1.66 bits per heavy atom. The van der Waals surface area contributed by atoms with Crippen LogP contribution in [0, 0.1) is 0 Å². The van der Waals surface area contributed by atoms with Crippen molar-refractivity contribution in [3.8, 4) is 11.5 Å². The minimum Gasteiger partial charge on any atom is -0.493 e. The number of rotatable bonds is 9. The number of imidazole rings is 1. The fourth-order valence-electron chi connectivity index (χ4n) is 3.48. The number of nitrogens with one attached hydrogen (secondary N) is 3. The van der Waals surface area contributed by atoms with Gasteiger partial charge in [0.2, 0.25) is 0 Å². The predicted molar refractivity (Wildman–Crippen MR) is 132 cm³/mol. The van der Waals surface area contributed by atoms with Gasteiger partial charge >= 0.3 is 5.69 Å². The van der Waals surface area contributed by atoms with Crippen molar-refractivity contribution in [3.63, 3.8) is 0 Å². The average Bonchev–Trinajstić information content (AvgIpc) is 3.23. The summed E-state index contributed by atoms with van der Waals surface area (Å²) in [6.07, 6.45) is 0. The molecule has 1 aromatic heterocycles. The number of fused-ring (bicyclic) bond motifs is 1. The SMILES string of the molecule is COc1ccccc1OCCN(C)C(=O)c1ccccc1NS(=O)(=O)c1ccc2[nH]c(=O)[nH]c2c1. The van der Waals surface area contributed by atoms with Crippen LogP contribution in [-0.4, -0.2) is 56.5 Å². The number of hydrogen-bond acceptors (Lipinski definition) is 6. The van der Waals surface area contributed by atoms with Crippen molar-refractivity contribution in [2.24, 2.45) is 0 Å². The first-order valence-electron chi connectivity index (χ1n) is 10.6. The molecule has 0 saturated heterocycles. The molecule has 0 atom stereocenters. The molecule has 0 aliphatic carbocycles. The Hall–Kier alpha value is -4.25. The van der Waals surface area contributed by atoms with E-state index in [-0.39, 0.29) is 35.2 Å². The summed E-state index contributed by atoms with van der Waals surface area (Å²) in [6.45, 7) is 0.473. The smallest absolute Gasteiger partial charge is 0.323 e. The molecule has 182 valence electrons. The van der Waals surface area contributed by atoms with Crippen molar-refractivity contribution in [1.29, 1.82) is 0 Å². The van der Waals surface area contributed by atoms with Crippen LogP contribution in [0.2, 0.25) is 0 Å². The molecule has 1 amide bonds. The van der Waals surface area contributed by atoms with Crippen molar-refractivity contribution in [3.05, 3.63) is 82.8 Å². The predicted octanol–water partition coefficient (Wildman–Crippen LogP) is 2.82. The summed E-state index contributed by atoms with van der Waals surface area (Å²) in [6, 6.07) is 17.8. The van der Waals surface area contributed by atoms with Crippen LogP contribution in [0.25, 0.3) is 11.0 Å². The zero-order chi connectivity index (χ0) is 25.0. The van der Waals surface area contributed by atoms with Crippen molar-refractivity contribution in [2.45, 2.75) is 4.90 Å². The van der Waals surface area contributed by atoms with Crippen LogP contribution in [0.4, 0.5) is 5.69 Å². The maximum absolute atomic E-state index is 13.1. The summed E-state index contributed by atoms with van der Waals surface area (Å²) >= 11 is 0. The highest BCUT2D eigenvalue weighted by Crippen LogP contribution is 2.26. The summed E-state index contributed by atoms with van der Waals surface area (Å²) in [5.41, 5.74) is 0.735. The van der Waals surface area contributed by atoms with E-state index >= 15 is 0 Å². The van der Waals surface area contributed by atoms with Crippen LogP contribution in [0.1, 0.15) is 10.4 Å². The first-order chi connectivity index (χ1) is 16.8. The Labute approximate surface area is 201 Å². The van der Waals surface area contributed by atoms with E-state index in [4.69, 9.17) is 9.47 Å². The molecule has 0 spiro atoms. The van der Waals surface area contributed by atoms with Crippen LogP contribution in [0.3, 0.4) is 0 Å². The van der Waals surface area contributed by atoms with Gasteiger partial charge in [-0.3, -0.25) is 9.52 Å². The van der Waals surface area contributed by atoms with Gasteiger partial charge in [0, 0.05) is 7.05 Å². The van der Waals surface area contributed by atoms with Crippen LogP contribution in [0.15, 0.2) is 76.4 Å². The lowest BCUT2D eigenvalue weighted by atomic mass is 10.1. The number of carbonyl (C=O) groups is 1. The molecule has 0 aliphatic rings. The number of benzene rings is 3. The lowest BCUT2D eigenvalue weighted by Crippen LogP contribution is -2.31. The number of hydrogen-bond donors (Lipinski definition) is 3. The fraction of sp³-hybridized carbons (Fsp3) is 0.167. The Morgan fingerprint density at radius 1 is 0.971 bits per heavy atom. The maximum atomic E-state index is 13.1. The number of aromatic amines is 2. The first-order valence-corrected chi connectivity index (χ1v) is 12.1. The van der Waals surface area contributed by atoms with Gasteiger partial charge < -0.3 is 24.3 Å². The maximum Gasteiger partial charge on any atom is 0.323 e. The second-order valence-electron chi connectivity index (χ2n) is 7.66. The lowest BCUT2D eigenvalue weighted by Gasteiger charge is -2.20. The van der Waals surface area contributed by atoms with Gasteiger partial charge in [0.15, 0.2) is 11.5 Å². The minimum atomic E-state index is -4.03. The van der Waals surface area contributed by atoms with Crippen molar-refractivity contribution < 1.29 is 22.7 Å². The van der Waals surface area contributed by atoms with Crippen molar-refractivity contribution >= 4 is 32.7 Å². The fourth-order valence-corrected chi connectivity index (χ4v) is 4.58. The molecule has 11 heteroatoms. The molecule has 10 nitrogen and oxygen atoms in total. The molecule has 0 unspecified atom stereocenters. The summed E-state index contributed by atoms with van der Waals surface area (Å²) in [5, 5.41) is 0. The number of amides is 1. The molecule has 0 saturated carbocycles. The third kappa shape index (κ3) is 5.30. The normalized spacial score (nSPS) is 11.3. The Balaban J connectivity index is 1.48. The van der Waals surface area contributed by atoms with Crippen LogP contribution in [-0.2, 0) is 10.0 Å². The number of H-pyrrole nitrogens is 2. The number of methoxy groups -OCH3 is 1. The van der Waals surface area contributed by atoms with Crippen LogP contribution < -0.4 is 19.9 Å². The number of sulfonamides is 1. The molecular formula is C24H24N4O6S. The van der Waals surface area contributed by atoms with Gasteiger partial charge in [0.1, 0.15) is 6.61 Å². The van der Waals surface area contributed by atoms with Gasteiger partial charge in [0.25, 0.3) is 15.9 Å². The number of anilines is 1. The number of aromatic nitrogens is 2. The summed E-state index contributed by atoms with van der Waals surface area (Å²) in [7, 11) is -0.880. The number of likely N-dealkylation sites (N-methyl/N-ethyl adjacent to an activating group) is 1. The van der Waals surface area contributed by atoms with Gasteiger partial charge in [0.05, 0.1) is 40.8 Å². The molecule has 35 heavy (non-hydrogen) atoms. The van der Waals surface area contributed by atoms with Crippen molar-refractivity contribution in [1.82, 2.24) is 14.9 Å². The molecule has 4 rings (SSSR count). The third-order valence-electron chi connectivity index (χ3n) is 5.30. The van der Waals surface area contributed by atoms with E-state index in [1.165, 1.54) is 29.2 Å². The number of ether oxygens (including phenoxy) is 2. The average molecular weight is 497 g/mol. The molecule has 0 bridgehead atoms. The minimum absolute atomic E-state index is 0.0546. The van der Waals surface area contributed by atoms with Gasteiger partial charge in [-0.1, -0.05) is 24.3 Å². The van der Waals surface area contributed by atoms with Crippen molar-refractivity contribution in [2.75, 3.05) is 32.0 Å². The zero-order valence-corrected chi connectivity index (χ0v) is 19.9. The van der Waals surface area contributed by atoms with Crippen LogP contribution >= 0.6 is 0 Å². The molecular weight excluding hydrogens is 472 g/mol. The molecule has 3 aromatic carbocycles. The first kappa shape index (κ1) is 23.9. The van der Waals surface area contributed by atoms with E-state index in [0.717, 1.165) is 0 Å². The molecule has 0 radical (unpaired) electrons. The highest BCUT2D eigenvalue weighted by Gasteiger charge is 2.21. The van der Waals surface area contributed by atoms with E-state index in [1.54, 1.807) is 44.5 Å². The van der Waals surface area contributed by atoms with Gasteiger partial charge in [-0.2, -0.15) is 0 Å². The highest BCUT2D eigenvalue weighted by molar-refractivity contribution is 7.92. The quantitative estimate of drug-likeness (QED) is 0.326. The monoisotopic (exact) mass is 496 g/mol. The highest BCUT2D eigenvalue weighted by atomic mass is 32.2. The number of nitrogens with zero attached hydrogens (tertiary/aromatic N) is 1. The zero-order valence-electron chi connectivity index (χ0n) is 19.1. The number of carbonyl (C=O) groups excluding carboxylic acids is 1. The van der Waals surface area contributed by atoms with E-state index in [9.17, 15) is 18.0 Å². The van der Waals surface area contributed by atoms with Gasteiger partial charge in [-0.15, -0.1) is 0 Å². The van der Waals surface area contributed by atoms with Crippen LogP contribution in [0.5, 0.6) is 11.5 Å². The molecule has 0 aliphatic heterocycles. The van der Waals surface area contributed by atoms with E-state index in [1.807, 2.05) is 12.1 Å². The Kier molecular flexibility index (Phi) is 6.78. The standard InChI is InChI=1S/C24H24N4O6S/c1-28(13-14-34-22-10-6-5-9-21(22)33-2)23(29)17-7-3-4-8-18(17)27-35(31,32)16-11-12-19-20(15-16)26-24(30)25-19/h3-12,15,27H,13-14H2,1-2H3,(H2,25,26,30). The lowest BCUT2D eigenvalue weighted by molar-refractivity contribution is 0.0774. The van der Waals surface area contributed by atoms with E-state index in [2.05, 4.69) is 14.7 Å². The third-order valence-corrected chi connectivity index (χ3v) is 6.66. The summed E-state index contributed by atoms with van der Waals surface area (Å²) in [4.78, 5) is 31.1. The molecule has 0 fully saturated rings. The second-order valence-corrected chi connectivity index (χ2v) is 9.35. The molecule has 4 aromatic rings. The topological polar surface area (TPSA) is 134 Å². The Morgan fingerprint density at radius 3 is 2.43 bits per heavy atom.